The zero-order chi connectivity index (χ0) is 14.4. The molecule has 1 aromatic rings. The number of methoxy groups -OCH3 is 1. The number of carbonyl (C=O) groups is 1. The number of aromatic nitrogens is 2. The second-order valence-electron chi connectivity index (χ2n) is 4.48. The normalized spacial score (nSPS) is 11.1. The molecule has 1 heterocycles. The van der Waals surface area contributed by atoms with Gasteiger partial charge < -0.3 is 10.1 Å². The molecule has 0 aromatic carbocycles. The molecule has 0 unspecified atom stereocenters. The van der Waals surface area contributed by atoms with Crippen molar-refractivity contribution in [3.63, 3.8) is 0 Å². The van der Waals surface area contributed by atoms with Gasteiger partial charge in [-0.25, -0.2) is 0 Å². The van der Waals surface area contributed by atoms with Crippen molar-refractivity contribution in [1.82, 2.24) is 20.0 Å². The Morgan fingerprint density at radius 3 is 2.79 bits per heavy atom. The second kappa shape index (κ2) is 7.62. The molecule has 0 fully saturated rings. The number of rotatable bonds is 7. The molecule has 7 heteroatoms. The Labute approximate surface area is 122 Å². The summed E-state index contributed by atoms with van der Waals surface area (Å²) < 4.78 is 7.71. The molecule has 0 aliphatic rings. The van der Waals surface area contributed by atoms with Gasteiger partial charge >= 0.3 is 0 Å². The molecule has 1 N–H and O–H groups in total. The fourth-order valence-corrected chi connectivity index (χ4v) is 2.22. The predicted octanol–water partition coefficient (Wildman–Crippen LogP) is 0.685. The largest absolute Gasteiger partial charge is 0.383 e. The molecule has 1 aromatic heterocycles. The Bertz CT molecular complexity index is 434. The maximum Gasteiger partial charge on any atom is 0.234 e. The maximum absolute atomic E-state index is 11.7. The van der Waals surface area contributed by atoms with Crippen LogP contribution in [-0.4, -0.2) is 54.4 Å². The van der Waals surface area contributed by atoms with Crippen LogP contribution in [0.2, 0.25) is 0 Å². The van der Waals surface area contributed by atoms with E-state index in [1.165, 1.54) is 0 Å². The lowest BCUT2D eigenvalue weighted by Gasteiger charge is -2.16. The highest BCUT2D eigenvalue weighted by Gasteiger charge is 2.14. The molecule has 0 aliphatic carbocycles. The summed E-state index contributed by atoms with van der Waals surface area (Å²) in [7, 11) is 5.42. The molecule has 1 rings (SSSR count). The Morgan fingerprint density at radius 2 is 2.26 bits per heavy atom. The van der Waals surface area contributed by atoms with E-state index in [-0.39, 0.29) is 5.91 Å². The molecule has 0 aliphatic heterocycles. The number of nitrogens with one attached hydrogen (secondary N) is 1. The summed E-state index contributed by atoms with van der Waals surface area (Å²) in [4.78, 5) is 13.6. The van der Waals surface area contributed by atoms with Gasteiger partial charge in [0.05, 0.1) is 29.0 Å². The highest BCUT2D eigenvalue weighted by Crippen LogP contribution is 2.21. The van der Waals surface area contributed by atoms with Gasteiger partial charge in [-0.1, -0.05) is 0 Å². The summed E-state index contributed by atoms with van der Waals surface area (Å²) in [5.41, 5.74) is 2.01. The molecule has 0 saturated heterocycles. The molecule has 0 bridgehead atoms. The van der Waals surface area contributed by atoms with Crippen molar-refractivity contribution < 1.29 is 9.53 Å². The first-order valence-corrected chi connectivity index (χ1v) is 6.87. The van der Waals surface area contributed by atoms with Crippen LogP contribution in [0.1, 0.15) is 11.4 Å². The minimum atomic E-state index is -0.00503. The smallest absolute Gasteiger partial charge is 0.234 e. The van der Waals surface area contributed by atoms with Gasteiger partial charge in [0.15, 0.2) is 0 Å². The fraction of sp³-hybridized carbons (Fsp3) is 0.667. The van der Waals surface area contributed by atoms with Crippen molar-refractivity contribution in [3.8, 4) is 0 Å². The monoisotopic (exact) mass is 332 g/mol. The first kappa shape index (κ1) is 16.1. The summed E-state index contributed by atoms with van der Waals surface area (Å²) in [6.07, 6.45) is 0. The quantitative estimate of drug-likeness (QED) is 0.746. The van der Waals surface area contributed by atoms with E-state index >= 15 is 0 Å². The highest BCUT2D eigenvalue weighted by atomic mass is 79.9. The van der Waals surface area contributed by atoms with E-state index in [1.807, 2.05) is 30.6 Å². The number of hydrogen-bond donors (Lipinski definition) is 1. The lowest BCUT2D eigenvalue weighted by Crippen LogP contribution is -2.36. The zero-order valence-corrected chi connectivity index (χ0v) is 13.5. The average Bonchev–Trinajstić information content (AvgIpc) is 2.56. The van der Waals surface area contributed by atoms with E-state index in [1.54, 1.807) is 7.11 Å². The van der Waals surface area contributed by atoms with Gasteiger partial charge in [-0.05, 0) is 29.9 Å². The number of halogens is 1. The lowest BCUT2D eigenvalue weighted by atomic mass is 10.3. The number of nitrogens with zero attached hydrogens (tertiary/aromatic N) is 3. The van der Waals surface area contributed by atoms with Crippen molar-refractivity contribution in [3.05, 3.63) is 15.9 Å². The van der Waals surface area contributed by atoms with Crippen molar-refractivity contribution in [2.75, 3.05) is 33.9 Å². The summed E-state index contributed by atoms with van der Waals surface area (Å²) in [6.45, 7) is 4.03. The van der Waals surface area contributed by atoms with Crippen LogP contribution in [0.4, 0.5) is 0 Å². The van der Waals surface area contributed by atoms with Crippen molar-refractivity contribution in [2.45, 2.75) is 13.5 Å². The maximum atomic E-state index is 11.7. The topological polar surface area (TPSA) is 59.4 Å². The van der Waals surface area contributed by atoms with Crippen molar-refractivity contribution in [1.29, 1.82) is 0 Å². The van der Waals surface area contributed by atoms with Gasteiger partial charge in [0.2, 0.25) is 5.91 Å². The van der Waals surface area contributed by atoms with Crippen LogP contribution in [0, 0.1) is 6.92 Å². The predicted molar refractivity (Wildman–Crippen MR) is 76.9 cm³/mol. The molecule has 19 heavy (non-hydrogen) atoms. The second-order valence-corrected chi connectivity index (χ2v) is 5.28. The summed E-state index contributed by atoms with van der Waals surface area (Å²) in [6, 6.07) is 0. The Balaban J connectivity index is 2.46. The van der Waals surface area contributed by atoms with Crippen LogP contribution in [0.5, 0.6) is 0 Å². The third kappa shape index (κ3) is 4.93. The van der Waals surface area contributed by atoms with Crippen molar-refractivity contribution >= 4 is 21.8 Å². The van der Waals surface area contributed by atoms with E-state index in [0.717, 1.165) is 15.9 Å². The fourth-order valence-electron chi connectivity index (χ4n) is 1.76. The molecular weight excluding hydrogens is 312 g/mol. The number of hydrogen-bond acceptors (Lipinski definition) is 4. The van der Waals surface area contributed by atoms with Crippen molar-refractivity contribution in [2.24, 2.45) is 7.05 Å². The molecule has 0 saturated carbocycles. The first-order valence-electron chi connectivity index (χ1n) is 6.07. The minimum Gasteiger partial charge on any atom is -0.383 e. The van der Waals surface area contributed by atoms with Gasteiger partial charge in [0, 0.05) is 27.2 Å². The third-order valence-electron chi connectivity index (χ3n) is 2.72. The van der Waals surface area contributed by atoms with Gasteiger partial charge in [-0.3, -0.25) is 14.4 Å². The third-order valence-corrected chi connectivity index (χ3v) is 3.75. The number of carbonyl (C=O) groups excluding carboxylic acids is 1. The molecule has 6 nitrogen and oxygen atoms in total. The molecule has 108 valence electrons. The lowest BCUT2D eigenvalue weighted by molar-refractivity contribution is -0.122. The van der Waals surface area contributed by atoms with Crippen LogP contribution in [0.25, 0.3) is 0 Å². The molecule has 0 spiro atoms. The minimum absolute atomic E-state index is 0.00503. The average molecular weight is 333 g/mol. The number of ether oxygens (including phenoxy) is 1. The molecular formula is C12H21BrN4O2. The highest BCUT2D eigenvalue weighted by molar-refractivity contribution is 9.10. The number of amides is 1. The van der Waals surface area contributed by atoms with Gasteiger partial charge in [0.1, 0.15) is 0 Å². The summed E-state index contributed by atoms with van der Waals surface area (Å²) >= 11 is 3.52. The summed E-state index contributed by atoms with van der Waals surface area (Å²) in [5.74, 6) is -0.00503. The molecule has 0 radical (unpaired) electrons. The Kier molecular flexibility index (Phi) is 6.47. The van der Waals surface area contributed by atoms with Gasteiger partial charge in [-0.2, -0.15) is 5.10 Å². The van der Waals surface area contributed by atoms with E-state index < -0.39 is 0 Å². The molecule has 1 amide bonds. The van der Waals surface area contributed by atoms with Crippen LogP contribution in [-0.2, 0) is 23.1 Å². The SMILES string of the molecule is COCCNC(=O)CN(C)Cc1c(Br)c(C)nn1C. The van der Waals surface area contributed by atoms with E-state index in [2.05, 4.69) is 26.3 Å². The number of likely N-dealkylation sites (N-methyl/N-ethyl adjacent to an activating group) is 1. The standard InChI is InChI=1S/C12H21BrN4O2/c1-9-12(13)10(17(3)15-9)7-16(2)8-11(18)14-5-6-19-4/h5-8H2,1-4H3,(H,14,18). The number of aryl methyl sites for hydroxylation is 2. The Hall–Kier alpha value is -0.920. The Morgan fingerprint density at radius 1 is 1.58 bits per heavy atom. The van der Waals surface area contributed by atoms with Crippen LogP contribution < -0.4 is 5.32 Å². The van der Waals surface area contributed by atoms with Crippen LogP contribution in [0.3, 0.4) is 0 Å². The summed E-state index contributed by atoms with van der Waals surface area (Å²) in [5, 5.41) is 7.12. The van der Waals surface area contributed by atoms with Gasteiger partial charge in [0.25, 0.3) is 0 Å². The van der Waals surface area contributed by atoms with E-state index in [4.69, 9.17) is 4.74 Å². The van der Waals surface area contributed by atoms with Crippen LogP contribution in [0.15, 0.2) is 4.47 Å². The zero-order valence-electron chi connectivity index (χ0n) is 11.9. The van der Waals surface area contributed by atoms with E-state index in [0.29, 0.717) is 26.2 Å². The first-order chi connectivity index (χ1) is 8.95. The van der Waals surface area contributed by atoms with Gasteiger partial charge in [-0.15, -0.1) is 0 Å². The molecule has 0 atom stereocenters. The van der Waals surface area contributed by atoms with Crippen LogP contribution >= 0.6 is 15.9 Å². The van der Waals surface area contributed by atoms with E-state index in [9.17, 15) is 4.79 Å².